The number of hydrogen-bond acceptors (Lipinski definition) is 5. The van der Waals surface area contributed by atoms with Gasteiger partial charge in [-0.3, -0.25) is 14.9 Å². The Bertz CT molecular complexity index is 976. The van der Waals surface area contributed by atoms with Gasteiger partial charge in [0.2, 0.25) is 0 Å². The van der Waals surface area contributed by atoms with E-state index >= 15 is 0 Å². The molecule has 0 N–H and O–H groups in total. The van der Waals surface area contributed by atoms with E-state index in [1.54, 1.807) is 21.9 Å². The van der Waals surface area contributed by atoms with Crippen molar-refractivity contribution in [3.8, 4) is 6.07 Å². The van der Waals surface area contributed by atoms with Crippen LogP contribution >= 0.6 is 0 Å². The van der Waals surface area contributed by atoms with Crippen LogP contribution in [0.2, 0.25) is 0 Å². The molecule has 0 bridgehead atoms. The number of benzene rings is 2. The molecule has 0 spiro atoms. The molecular weight excluding hydrogens is 389 g/mol. The molecule has 2 aromatic rings. The number of anilines is 1. The van der Waals surface area contributed by atoms with E-state index in [0.717, 1.165) is 12.1 Å². The van der Waals surface area contributed by atoms with Gasteiger partial charge in [0.1, 0.15) is 5.69 Å². The van der Waals surface area contributed by atoms with Gasteiger partial charge < -0.3 is 9.80 Å². The second-order valence-electron chi connectivity index (χ2n) is 6.43. The lowest BCUT2D eigenvalue weighted by atomic mass is 10.1. The summed E-state index contributed by atoms with van der Waals surface area (Å²) in [6, 6.07) is 10.6. The van der Waals surface area contributed by atoms with Gasteiger partial charge in [-0.15, -0.1) is 0 Å². The summed E-state index contributed by atoms with van der Waals surface area (Å²) in [5, 5.41) is 20.1. The Kier molecular flexibility index (Phi) is 5.41. The van der Waals surface area contributed by atoms with Crippen LogP contribution in [0.25, 0.3) is 0 Å². The molecule has 1 saturated heterocycles. The summed E-state index contributed by atoms with van der Waals surface area (Å²) >= 11 is 0. The fourth-order valence-electron chi connectivity index (χ4n) is 3.13. The lowest BCUT2D eigenvalue weighted by Gasteiger charge is -2.36. The van der Waals surface area contributed by atoms with Gasteiger partial charge in [-0.25, -0.2) is 0 Å². The van der Waals surface area contributed by atoms with Gasteiger partial charge in [0.15, 0.2) is 0 Å². The van der Waals surface area contributed by atoms with Crippen molar-refractivity contribution in [2.24, 2.45) is 0 Å². The van der Waals surface area contributed by atoms with Crippen LogP contribution in [0, 0.1) is 21.4 Å². The molecule has 0 aromatic heterocycles. The van der Waals surface area contributed by atoms with Crippen LogP contribution in [0.3, 0.4) is 0 Å². The topological polar surface area (TPSA) is 90.5 Å². The number of piperazine rings is 1. The lowest BCUT2D eigenvalue weighted by molar-refractivity contribution is -0.384. The molecule has 0 saturated carbocycles. The molecule has 3 rings (SSSR count). The maximum Gasteiger partial charge on any atom is 0.416 e. The van der Waals surface area contributed by atoms with Crippen LogP contribution in [-0.2, 0) is 6.18 Å². The fourth-order valence-corrected chi connectivity index (χ4v) is 3.13. The summed E-state index contributed by atoms with van der Waals surface area (Å²) in [5.74, 6) is -0.240. The van der Waals surface area contributed by atoms with Gasteiger partial charge in [0.25, 0.3) is 11.6 Å². The smallest absolute Gasteiger partial charge is 0.362 e. The predicted octanol–water partition coefficient (Wildman–Crippen LogP) is 3.45. The maximum atomic E-state index is 12.9. The lowest BCUT2D eigenvalue weighted by Crippen LogP contribution is -2.49. The maximum absolute atomic E-state index is 12.9. The highest BCUT2D eigenvalue weighted by molar-refractivity contribution is 5.94. The van der Waals surface area contributed by atoms with Crippen LogP contribution in [0.1, 0.15) is 21.5 Å². The number of nitro groups is 1. The van der Waals surface area contributed by atoms with E-state index in [4.69, 9.17) is 5.26 Å². The van der Waals surface area contributed by atoms with Crippen LogP contribution in [0.5, 0.6) is 0 Å². The first-order valence-electron chi connectivity index (χ1n) is 8.60. The molecule has 0 radical (unpaired) electrons. The first-order chi connectivity index (χ1) is 13.7. The number of nitrogens with zero attached hydrogens (tertiary/aromatic N) is 4. The minimum atomic E-state index is -4.67. The Morgan fingerprint density at radius 3 is 2.21 bits per heavy atom. The molecule has 1 heterocycles. The van der Waals surface area contributed by atoms with Crippen molar-refractivity contribution in [2.45, 2.75) is 6.18 Å². The Morgan fingerprint density at radius 1 is 1.07 bits per heavy atom. The van der Waals surface area contributed by atoms with Crippen LogP contribution < -0.4 is 4.90 Å². The van der Waals surface area contributed by atoms with Crippen LogP contribution in [0.15, 0.2) is 42.5 Å². The summed E-state index contributed by atoms with van der Waals surface area (Å²) < 4.78 is 38.6. The second-order valence-corrected chi connectivity index (χ2v) is 6.43. The normalized spacial score (nSPS) is 14.4. The second kappa shape index (κ2) is 7.79. The third-order valence-electron chi connectivity index (χ3n) is 4.67. The first kappa shape index (κ1) is 20.1. The van der Waals surface area contributed by atoms with Gasteiger partial charge in [-0.05, 0) is 36.4 Å². The highest BCUT2D eigenvalue weighted by atomic mass is 19.4. The van der Waals surface area contributed by atoms with E-state index < -0.39 is 22.4 Å². The molecule has 1 aliphatic heterocycles. The van der Waals surface area contributed by atoms with Crippen LogP contribution in [0.4, 0.5) is 24.5 Å². The minimum absolute atomic E-state index is 0.0912. The molecule has 10 heteroatoms. The summed E-state index contributed by atoms with van der Waals surface area (Å²) in [6.07, 6.45) is -4.67. The molecule has 150 valence electrons. The predicted molar refractivity (Wildman–Crippen MR) is 97.4 cm³/mol. The van der Waals surface area contributed by atoms with Crippen molar-refractivity contribution >= 4 is 17.3 Å². The third-order valence-corrected chi connectivity index (χ3v) is 4.67. The van der Waals surface area contributed by atoms with Crippen molar-refractivity contribution in [1.29, 1.82) is 5.26 Å². The molecule has 1 fully saturated rings. The standard InChI is InChI=1S/C19H15F3N4O3/c20-19(21,22)15-5-6-16(17(11-15)26(28)29)24-7-9-25(10-8-24)18(27)14-3-1-13(12-23)2-4-14/h1-6,11H,7-10H2. The zero-order valence-corrected chi connectivity index (χ0v) is 15.0. The number of amides is 1. The van der Waals surface area contributed by atoms with Crippen molar-refractivity contribution < 1.29 is 22.9 Å². The highest BCUT2D eigenvalue weighted by Crippen LogP contribution is 2.36. The third kappa shape index (κ3) is 4.29. The van der Waals surface area contributed by atoms with E-state index in [2.05, 4.69) is 0 Å². The zero-order chi connectivity index (χ0) is 21.2. The molecule has 1 amide bonds. The average molecular weight is 404 g/mol. The largest absolute Gasteiger partial charge is 0.416 e. The van der Waals surface area contributed by atoms with Gasteiger partial charge >= 0.3 is 6.18 Å². The molecular formula is C19H15F3N4O3. The number of alkyl halides is 3. The van der Waals surface area contributed by atoms with E-state index in [0.29, 0.717) is 17.2 Å². The Labute approximate surface area is 163 Å². The SMILES string of the molecule is N#Cc1ccc(C(=O)N2CCN(c3ccc(C(F)(F)F)cc3[N+](=O)[O-])CC2)cc1. The average Bonchev–Trinajstić information content (AvgIpc) is 2.72. The van der Waals surface area contributed by atoms with Crippen molar-refractivity contribution in [1.82, 2.24) is 4.90 Å². The van der Waals surface area contributed by atoms with E-state index in [1.807, 2.05) is 6.07 Å². The number of nitriles is 1. The number of nitro benzene ring substituents is 1. The number of carbonyl (C=O) groups excluding carboxylic acids is 1. The summed E-state index contributed by atoms with van der Waals surface area (Å²) in [4.78, 5) is 26.2. The number of carbonyl (C=O) groups is 1. The van der Waals surface area contributed by atoms with E-state index in [-0.39, 0.29) is 37.8 Å². The Balaban J connectivity index is 1.74. The summed E-state index contributed by atoms with van der Waals surface area (Å²) in [6.45, 7) is 1.01. The number of halogens is 3. The molecule has 7 nitrogen and oxygen atoms in total. The molecule has 0 atom stereocenters. The molecule has 2 aromatic carbocycles. The van der Waals surface area contributed by atoms with E-state index in [9.17, 15) is 28.1 Å². The number of hydrogen-bond donors (Lipinski definition) is 0. The van der Waals surface area contributed by atoms with Crippen molar-refractivity contribution in [3.63, 3.8) is 0 Å². The molecule has 0 unspecified atom stereocenters. The quantitative estimate of drug-likeness (QED) is 0.577. The Hall–Kier alpha value is -3.61. The zero-order valence-electron chi connectivity index (χ0n) is 15.0. The molecule has 1 aliphatic rings. The minimum Gasteiger partial charge on any atom is -0.362 e. The molecule has 29 heavy (non-hydrogen) atoms. The monoisotopic (exact) mass is 404 g/mol. The first-order valence-corrected chi connectivity index (χ1v) is 8.60. The van der Waals surface area contributed by atoms with Gasteiger partial charge in [0.05, 0.1) is 22.1 Å². The summed E-state index contributed by atoms with van der Waals surface area (Å²) in [7, 11) is 0. The highest BCUT2D eigenvalue weighted by Gasteiger charge is 2.34. The number of rotatable bonds is 3. The fraction of sp³-hybridized carbons (Fsp3) is 0.263. The van der Waals surface area contributed by atoms with Gasteiger partial charge in [0, 0.05) is 37.8 Å². The molecule has 0 aliphatic carbocycles. The summed E-state index contributed by atoms with van der Waals surface area (Å²) in [5.41, 5.74) is -0.762. The Morgan fingerprint density at radius 2 is 1.69 bits per heavy atom. The van der Waals surface area contributed by atoms with E-state index in [1.165, 1.54) is 12.1 Å². The van der Waals surface area contributed by atoms with Crippen molar-refractivity contribution in [2.75, 3.05) is 31.1 Å². The van der Waals surface area contributed by atoms with Crippen molar-refractivity contribution in [3.05, 3.63) is 69.3 Å². The van der Waals surface area contributed by atoms with Gasteiger partial charge in [-0.2, -0.15) is 18.4 Å². The van der Waals surface area contributed by atoms with Gasteiger partial charge in [-0.1, -0.05) is 0 Å². The van der Waals surface area contributed by atoms with Crippen LogP contribution in [-0.4, -0.2) is 41.9 Å².